The first-order chi connectivity index (χ1) is 28.5. The lowest BCUT2D eigenvalue weighted by Crippen LogP contribution is -2.58. The number of aliphatic hydroxyl groups excluding tert-OH is 6. The number of unbranched alkanes of at least 4 members (excludes halogenated alkanes) is 2. The Morgan fingerprint density at radius 3 is 1.65 bits per heavy atom. The zero-order valence-corrected chi connectivity index (χ0v) is 39.2. The summed E-state index contributed by atoms with van der Waals surface area (Å²) in [5, 5.41) is 65.7. The van der Waals surface area contributed by atoms with Crippen LogP contribution in [-0.2, 0) is 19.1 Å². The van der Waals surface area contributed by atoms with Gasteiger partial charge in [-0.3, -0.25) is 9.59 Å². The molecule has 0 aromatic heterocycles. The second-order valence-electron chi connectivity index (χ2n) is 17.9. The highest BCUT2D eigenvalue weighted by Gasteiger charge is 2.43. The van der Waals surface area contributed by atoms with E-state index >= 15 is 0 Å². The van der Waals surface area contributed by atoms with E-state index in [1.54, 1.807) is 12.2 Å². The summed E-state index contributed by atoms with van der Waals surface area (Å²) in [7, 11) is 0. The van der Waals surface area contributed by atoms with Gasteiger partial charge in [0, 0.05) is 18.9 Å². The molecule has 16 atom stereocenters. The van der Waals surface area contributed by atoms with Crippen molar-refractivity contribution >= 4 is 11.8 Å². The minimum atomic E-state index is -1.42. The lowest BCUT2D eigenvalue weighted by Gasteiger charge is -2.43. The Morgan fingerprint density at radius 1 is 0.633 bits per heavy atom. The normalized spacial score (nSPS) is 30.2. The van der Waals surface area contributed by atoms with E-state index in [0.29, 0.717) is 80.3 Å². The van der Waals surface area contributed by atoms with Crippen LogP contribution < -0.4 is 10.6 Å². The number of carbonyl (C=O) groups is 2. The van der Waals surface area contributed by atoms with E-state index in [9.17, 15) is 40.2 Å². The largest absolute Gasteiger partial charge is 0.394 e. The van der Waals surface area contributed by atoms with Crippen molar-refractivity contribution in [1.29, 1.82) is 0 Å². The van der Waals surface area contributed by atoms with Crippen LogP contribution in [0.5, 0.6) is 0 Å². The minimum Gasteiger partial charge on any atom is -0.394 e. The minimum absolute atomic E-state index is 0.128. The number of hydrogen-bond donors (Lipinski definition) is 8. The number of hydrogen-bond acceptors (Lipinski definition) is 10. The SMILES string of the molecule is CCCC[C@@H](C)[C@@H](C)[C@H](/C=C/CC[C@H]1OC(CC)[C@H](C)C(C)C1C)NC(=O)CCC.CCCC[C@@H](O)[C@@H](O)[C@H](/C=C/CC[C@H]1OC(CO)[C@H](O)C(O)C1O)NC(=O)CCC. The van der Waals surface area contributed by atoms with Crippen LogP contribution in [0.25, 0.3) is 0 Å². The van der Waals surface area contributed by atoms with Crippen LogP contribution in [0.1, 0.15) is 166 Å². The fourth-order valence-corrected chi connectivity index (χ4v) is 8.39. The third-order valence-electron chi connectivity index (χ3n) is 13.2. The first kappa shape index (κ1) is 56.1. The molecule has 0 spiro atoms. The van der Waals surface area contributed by atoms with Crippen molar-refractivity contribution in [3.63, 3.8) is 0 Å². The first-order valence-electron chi connectivity index (χ1n) is 23.8. The number of aliphatic hydroxyl groups is 6. The summed E-state index contributed by atoms with van der Waals surface area (Å²) in [6.07, 6.45) is 12.8. The van der Waals surface area contributed by atoms with Gasteiger partial charge in [-0.25, -0.2) is 0 Å². The number of rotatable bonds is 26. The monoisotopic (exact) mass is 855 g/mol. The summed E-state index contributed by atoms with van der Waals surface area (Å²) in [4.78, 5) is 24.3. The Labute approximate surface area is 364 Å². The van der Waals surface area contributed by atoms with Crippen molar-refractivity contribution in [3.8, 4) is 0 Å². The van der Waals surface area contributed by atoms with Crippen LogP contribution >= 0.6 is 0 Å². The summed E-state index contributed by atoms with van der Waals surface area (Å²) in [5.41, 5.74) is 0. The second kappa shape index (κ2) is 31.0. The molecule has 8 N–H and O–H groups in total. The molecule has 2 rings (SSSR count). The van der Waals surface area contributed by atoms with Gasteiger partial charge in [0.25, 0.3) is 0 Å². The molecule has 0 radical (unpaired) electrons. The fourth-order valence-electron chi connectivity index (χ4n) is 8.39. The van der Waals surface area contributed by atoms with Gasteiger partial charge < -0.3 is 50.7 Å². The van der Waals surface area contributed by atoms with Crippen LogP contribution in [0.3, 0.4) is 0 Å². The second-order valence-corrected chi connectivity index (χ2v) is 17.9. The van der Waals surface area contributed by atoms with Gasteiger partial charge in [-0.05, 0) is 81.0 Å². The van der Waals surface area contributed by atoms with Gasteiger partial charge in [-0.15, -0.1) is 0 Å². The van der Waals surface area contributed by atoms with Gasteiger partial charge >= 0.3 is 0 Å². The number of amides is 2. The van der Waals surface area contributed by atoms with E-state index in [0.717, 1.165) is 38.5 Å². The molecular formula is C48H90N2O10. The molecule has 6 unspecified atom stereocenters. The van der Waals surface area contributed by atoms with Crippen LogP contribution in [0.2, 0.25) is 0 Å². The van der Waals surface area contributed by atoms with Crippen LogP contribution in [0.4, 0.5) is 0 Å². The molecule has 352 valence electrons. The smallest absolute Gasteiger partial charge is 0.220 e. The fraction of sp³-hybridized carbons (Fsp3) is 0.875. The van der Waals surface area contributed by atoms with Crippen molar-refractivity contribution in [3.05, 3.63) is 24.3 Å². The van der Waals surface area contributed by atoms with Gasteiger partial charge in [0.1, 0.15) is 30.5 Å². The molecule has 2 amide bonds. The zero-order valence-electron chi connectivity index (χ0n) is 39.2. The number of carbonyl (C=O) groups excluding carboxylic acids is 2. The molecule has 2 heterocycles. The van der Waals surface area contributed by atoms with Crippen LogP contribution in [0.15, 0.2) is 24.3 Å². The van der Waals surface area contributed by atoms with E-state index < -0.39 is 55.4 Å². The van der Waals surface area contributed by atoms with Crippen molar-refractivity contribution < 1.29 is 49.7 Å². The molecule has 60 heavy (non-hydrogen) atoms. The van der Waals surface area contributed by atoms with Gasteiger partial charge in [0.05, 0.1) is 37.1 Å². The highest BCUT2D eigenvalue weighted by molar-refractivity contribution is 5.76. The van der Waals surface area contributed by atoms with E-state index in [1.807, 2.05) is 13.8 Å². The summed E-state index contributed by atoms with van der Waals surface area (Å²) >= 11 is 0. The van der Waals surface area contributed by atoms with Crippen LogP contribution in [-0.4, -0.2) is 116 Å². The maximum absolute atomic E-state index is 12.3. The van der Waals surface area contributed by atoms with Gasteiger partial charge in [0.2, 0.25) is 11.8 Å². The highest BCUT2D eigenvalue weighted by Crippen LogP contribution is 2.38. The molecular weight excluding hydrogens is 765 g/mol. The lowest BCUT2D eigenvalue weighted by molar-refractivity contribution is -0.230. The summed E-state index contributed by atoms with van der Waals surface area (Å²) in [5.74, 6) is 2.96. The Balaban J connectivity index is 0.000000600. The van der Waals surface area contributed by atoms with Crippen molar-refractivity contribution in [1.82, 2.24) is 10.6 Å². The summed E-state index contributed by atoms with van der Waals surface area (Å²) in [6, 6.07) is -0.631. The average molecular weight is 855 g/mol. The predicted molar refractivity (Wildman–Crippen MR) is 240 cm³/mol. The number of ether oxygens (including phenoxy) is 2. The van der Waals surface area contributed by atoms with Gasteiger partial charge in [0.15, 0.2) is 0 Å². The Hall–Kier alpha value is -1.90. The van der Waals surface area contributed by atoms with E-state index in [1.165, 1.54) is 19.3 Å². The van der Waals surface area contributed by atoms with E-state index in [2.05, 4.69) is 78.2 Å². The maximum Gasteiger partial charge on any atom is 0.220 e. The first-order valence-corrected chi connectivity index (χ1v) is 23.8. The van der Waals surface area contributed by atoms with Crippen molar-refractivity contribution in [2.45, 2.75) is 233 Å². The molecule has 0 saturated carbocycles. The number of allylic oxidation sites excluding steroid dienone is 2. The molecule has 12 heteroatoms. The third-order valence-corrected chi connectivity index (χ3v) is 13.2. The molecule has 2 aliphatic rings. The zero-order chi connectivity index (χ0) is 45.4. The molecule has 0 aromatic rings. The third kappa shape index (κ3) is 19.2. The van der Waals surface area contributed by atoms with Crippen molar-refractivity contribution in [2.75, 3.05) is 6.61 Å². The lowest BCUT2D eigenvalue weighted by atomic mass is 9.75. The Bertz CT molecular complexity index is 1110. The molecule has 0 aromatic carbocycles. The summed E-state index contributed by atoms with van der Waals surface area (Å²) < 4.78 is 11.9. The Morgan fingerprint density at radius 2 is 1.12 bits per heavy atom. The molecule has 2 fully saturated rings. The molecule has 2 saturated heterocycles. The standard InChI is InChI=1S/C27H51NO2.C21H39NO8/c1-9-12-16-19(4)20(5)24(28-27(29)15-10-2)17-13-14-18-26-23(8)21(6)22(7)25(11-3)30-26;1-3-5-10-14(24)18(26)13(22-17(25)8-4-2)9-6-7-11-15-19(27)21(29)20(28)16(12-23)30-15/h13,17,19-26H,9-12,14-16,18H2,1-8H3,(H,28,29);6,9,13-16,18-21,23-24,26-29H,3-5,7-8,10-12H2,1-2H3,(H,22,25)/b17-13+;9-6+/t19-,20-,21?,22-,23?,24+,25?,26-;13-,14+,15+,16?,18-,19?,20-,21?/m10/s1. The van der Waals surface area contributed by atoms with E-state index in [4.69, 9.17) is 9.47 Å². The van der Waals surface area contributed by atoms with Gasteiger partial charge in [-0.1, -0.05) is 126 Å². The maximum atomic E-state index is 12.3. The average Bonchev–Trinajstić information content (AvgIpc) is 3.23. The molecule has 2 aliphatic heterocycles. The van der Waals surface area contributed by atoms with Crippen LogP contribution in [0, 0.1) is 29.6 Å². The van der Waals surface area contributed by atoms with Gasteiger partial charge in [-0.2, -0.15) is 0 Å². The Kier molecular flexibility index (Phi) is 29.0. The van der Waals surface area contributed by atoms with E-state index in [-0.39, 0.29) is 17.9 Å². The molecule has 0 aliphatic carbocycles. The molecule has 12 nitrogen and oxygen atoms in total. The summed E-state index contributed by atoms with van der Waals surface area (Å²) in [6.45, 7) is 21.6. The molecule has 0 bridgehead atoms. The van der Waals surface area contributed by atoms with Crippen molar-refractivity contribution in [2.24, 2.45) is 29.6 Å². The highest BCUT2D eigenvalue weighted by atomic mass is 16.5. The quantitative estimate of drug-likeness (QED) is 0.0444. The topological polar surface area (TPSA) is 198 Å². The number of nitrogens with one attached hydrogen (secondary N) is 2. The predicted octanol–water partition coefficient (Wildman–Crippen LogP) is 6.52.